The number of halogens is 2. The van der Waals surface area contributed by atoms with Crippen molar-refractivity contribution < 1.29 is 9.18 Å². The molecule has 0 atom stereocenters. The highest BCUT2D eigenvalue weighted by molar-refractivity contribution is 14.1. The van der Waals surface area contributed by atoms with E-state index in [4.69, 9.17) is 5.73 Å². The molecule has 5 heteroatoms. The van der Waals surface area contributed by atoms with E-state index in [-0.39, 0.29) is 17.8 Å². The summed E-state index contributed by atoms with van der Waals surface area (Å²) in [5.41, 5.74) is 6.20. The van der Waals surface area contributed by atoms with Crippen LogP contribution in [0.5, 0.6) is 0 Å². The van der Waals surface area contributed by atoms with Crippen molar-refractivity contribution >= 4 is 28.5 Å². The van der Waals surface area contributed by atoms with Crippen molar-refractivity contribution in [3.8, 4) is 0 Å². The van der Waals surface area contributed by atoms with Crippen molar-refractivity contribution in [2.24, 2.45) is 5.73 Å². The molecular formula is C12H14FIN2O. The second kappa shape index (κ2) is 5.30. The molecule has 1 amide bonds. The largest absolute Gasteiger partial charge is 0.339 e. The zero-order valence-electron chi connectivity index (χ0n) is 9.33. The van der Waals surface area contributed by atoms with Crippen molar-refractivity contribution in [1.82, 2.24) is 4.90 Å². The molecular weight excluding hydrogens is 334 g/mol. The summed E-state index contributed by atoms with van der Waals surface area (Å²) in [6.45, 7) is 1.32. The van der Waals surface area contributed by atoms with Gasteiger partial charge in [-0.2, -0.15) is 0 Å². The van der Waals surface area contributed by atoms with Crippen molar-refractivity contribution in [2.75, 3.05) is 13.1 Å². The zero-order valence-corrected chi connectivity index (χ0v) is 11.5. The van der Waals surface area contributed by atoms with Gasteiger partial charge in [-0.15, -0.1) is 0 Å². The lowest BCUT2D eigenvalue weighted by Crippen LogP contribution is -2.42. The van der Waals surface area contributed by atoms with Gasteiger partial charge in [-0.1, -0.05) is 0 Å². The van der Waals surface area contributed by atoms with Crippen LogP contribution in [0.25, 0.3) is 0 Å². The van der Waals surface area contributed by atoms with Crippen LogP contribution in [0, 0.1) is 9.39 Å². The summed E-state index contributed by atoms with van der Waals surface area (Å²) in [5.74, 6) is -0.447. The van der Waals surface area contributed by atoms with Gasteiger partial charge in [0.15, 0.2) is 0 Å². The molecule has 1 fully saturated rings. The summed E-state index contributed by atoms with van der Waals surface area (Å²) >= 11 is 1.91. The van der Waals surface area contributed by atoms with E-state index in [1.165, 1.54) is 6.07 Å². The van der Waals surface area contributed by atoms with Gasteiger partial charge in [-0.3, -0.25) is 4.79 Å². The Balaban J connectivity index is 2.11. The molecule has 3 nitrogen and oxygen atoms in total. The molecule has 0 saturated carbocycles. The Kier molecular flexibility index (Phi) is 3.98. The Morgan fingerprint density at radius 2 is 2.06 bits per heavy atom. The van der Waals surface area contributed by atoms with Crippen LogP contribution in [0.4, 0.5) is 4.39 Å². The maximum atomic E-state index is 13.4. The smallest absolute Gasteiger partial charge is 0.253 e. The van der Waals surface area contributed by atoms with Crippen LogP contribution in [0.1, 0.15) is 23.2 Å². The highest BCUT2D eigenvalue weighted by atomic mass is 127. The molecule has 0 unspecified atom stereocenters. The van der Waals surface area contributed by atoms with Crippen LogP contribution in [0.2, 0.25) is 0 Å². The number of nitrogens with two attached hydrogens (primary N) is 1. The Hall–Kier alpha value is -0.690. The minimum atomic E-state index is -0.342. The lowest BCUT2D eigenvalue weighted by Gasteiger charge is -2.30. The quantitative estimate of drug-likeness (QED) is 0.789. The average molecular weight is 348 g/mol. The molecule has 0 spiro atoms. The fourth-order valence-electron chi connectivity index (χ4n) is 1.91. The number of benzene rings is 1. The number of nitrogens with zero attached hydrogens (tertiary/aromatic N) is 1. The third-order valence-corrected chi connectivity index (χ3v) is 3.87. The molecule has 0 aromatic heterocycles. The van der Waals surface area contributed by atoms with Crippen molar-refractivity contribution in [1.29, 1.82) is 0 Å². The first-order valence-corrected chi connectivity index (χ1v) is 6.65. The Morgan fingerprint density at radius 3 is 2.65 bits per heavy atom. The van der Waals surface area contributed by atoms with Crippen LogP contribution in [0.3, 0.4) is 0 Å². The number of hydrogen-bond donors (Lipinski definition) is 1. The minimum absolute atomic E-state index is 0.104. The van der Waals surface area contributed by atoms with Gasteiger partial charge < -0.3 is 10.6 Å². The molecule has 1 aliphatic rings. The maximum Gasteiger partial charge on any atom is 0.253 e. The molecule has 92 valence electrons. The maximum absolute atomic E-state index is 13.4. The fourth-order valence-corrected chi connectivity index (χ4v) is 2.25. The highest BCUT2D eigenvalue weighted by Gasteiger charge is 2.22. The Bertz CT molecular complexity index is 431. The lowest BCUT2D eigenvalue weighted by atomic mass is 10.0. The van der Waals surface area contributed by atoms with E-state index >= 15 is 0 Å². The molecule has 2 rings (SSSR count). The van der Waals surface area contributed by atoms with Crippen LogP contribution in [-0.2, 0) is 0 Å². The van der Waals surface area contributed by atoms with Crippen molar-refractivity contribution in [3.05, 3.63) is 33.1 Å². The van der Waals surface area contributed by atoms with Gasteiger partial charge in [0.2, 0.25) is 0 Å². The molecule has 17 heavy (non-hydrogen) atoms. The van der Waals surface area contributed by atoms with E-state index in [1.807, 2.05) is 22.6 Å². The van der Waals surface area contributed by atoms with Crippen molar-refractivity contribution in [2.45, 2.75) is 18.9 Å². The van der Waals surface area contributed by atoms with Crippen LogP contribution < -0.4 is 5.73 Å². The topological polar surface area (TPSA) is 46.3 Å². The van der Waals surface area contributed by atoms with E-state index in [9.17, 15) is 9.18 Å². The Labute approximate surface area is 113 Å². The van der Waals surface area contributed by atoms with Crippen molar-refractivity contribution in [3.63, 3.8) is 0 Å². The molecule has 1 saturated heterocycles. The van der Waals surface area contributed by atoms with Gasteiger partial charge in [0.1, 0.15) is 5.82 Å². The van der Waals surface area contributed by atoms with Gasteiger partial charge in [-0.05, 0) is 53.6 Å². The molecule has 1 heterocycles. The normalized spacial score (nSPS) is 17.2. The monoisotopic (exact) mass is 348 g/mol. The first-order chi connectivity index (χ1) is 8.08. The highest BCUT2D eigenvalue weighted by Crippen LogP contribution is 2.16. The van der Waals surface area contributed by atoms with Gasteiger partial charge >= 0.3 is 0 Å². The van der Waals surface area contributed by atoms with Gasteiger partial charge in [0, 0.05) is 28.3 Å². The summed E-state index contributed by atoms with van der Waals surface area (Å²) in [6.07, 6.45) is 1.64. The van der Waals surface area contributed by atoms with Gasteiger partial charge in [0.05, 0.1) is 0 Å². The van der Waals surface area contributed by atoms with Crippen LogP contribution in [-0.4, -0.2) is 29.9 Å². The predicted molar refractivity (Wildman–Crippen MR) is 72.2 cm³/mol. The third-order valence-electron chi connectivity index (χ3n) is 2.99. The number of piperidine rings is 1. The molecule has 1 aromatic rings. The molecule has 1 aromatic carbocycles. The summed E-state index contributed by atoms with van der Waals surface area (Å²) in [4.78, 5) is 13.8. The SMILES string of the molecule is NC1CCN(C(=O)c2ccc(I)c(F)c2)CC1. The molecule has 1 aliphatic heterocycles. The number of carbonyl (C=O) groups is 1. The van der Waals surface area contributed by atoms with E-state index in [0.717, 1.165) is 12.8 Å². The lowest BCUT2D eigenvalue weighted by molar-refractivity contribution is 0.0714. The summed E-state index contributed by atoms with van der Waals surface area (Å²) in [7, 11) is 0. The van der Waals surface area contributed by atoms with E-state index in [0.29, 0.717) is 22.2 Å². The second-order valence-corrected chi connectivity index (χ2v) is 5.42. The number of likely N-dealkylation sites (tertiary alicyclic amines) is 1. The molecule has 0 radical (unpaired) electrons. The number of rotatable bonds is 1. The summed E-state index contributed by atoms with van der Waals surface area (Å²) in [5, 5.41) is 0. The molecule has 2 N–H and O–H groups in total. The number of amides is 1. The standard InChI is InChI=1S/C12H14FIN2O/c13-10-7-8(1-2-11(10)14)12(17)16-5-3-9(15)4-6-16/h1-2,7,9H,3-6,15H2. The molecule has 0 bridgehead atoms. The average Bonchev–Trinajstić information content (AvgIpc) is 2.33. The third kappa shape index (κ3) is 2.95. The molecule has 0 aliphatic carbocycles. The first kappa shape index (κ1) is 12.8. The van der Waals surface area contributed by atoms with E-state index in [2.05, 4.69) is 0 Å². The predicted octanol–water partition coefficient (Wildman–Crippen LogP) is 1.99. The van der Waals surface area contributed by atoms with Gasteiger partial charge in [0.25, 0.3) is 5.91 Å². The van der Waals surface area contributed by atoms with E-state index < -0.39 is 0 Å². The van der Waals surface area contributed by atoms with E-state index in [1.54, 1.807) is 17.0 Å². The van der Waals surface area contributed by atoms with Crippen LogP contribution >= 0.6 is 22.6 Å². The summed E-state index contributed by atoms with van der Waals surface area (Å²) in [6, 6.07) is 4.78. The Morgan fingerprint density at radius 1 is 1.41 bits per heavy atom. The number of carbonyl (C=O) groups excluding carboxylic acids is 1. The second-order valence-electron chi connectivity index (χ2n) is 4.26. The minimum Gasteiger partial charge on any atom is -0.339 e. The summed E-state index contributed by atoms with van der Waals surface area (Å²) < 4.78 is 13.9. The number of hydrogen-bond acceptors (Lipinski definition) is 2. The van der Waals surface area contributed by atoms with Crippen LogP contribution in [0.15, 0.2) is 18.2 Å². The van der Waals surface area contributed by atoms with Gasteiger partial charge in [-0.25, -0.2) is 4.39 Å². The fraction of sp³-hybridized carbons (Fsp3) is 0.417. The zero-order chi connectivity index (χ0) is 12.4. The first-order valence-electron chi connectivity index (χ1n) is 5.58.